The summed E-state index contributed by atoms with van der Waals surface area (Å²) in [5.74, 6) is 1.13. The van der Waals surface area contributed by atoms with Gasteiger partial charge in [-0.3, -0.25) is 9.78 Å². The van der Waals surface area contributed by atoms with E-state index in [0.717, 1.165) is 16.5 Å². The van der Waals surface area contributed by atoms with Crippen molar-refractivity contribution in [2.24, 2.45) is 0 Å². The number of amides is 1. The Balaban J connectivity index is 1.80. The number of aromatic nitrogens is 1. The van der Waals surface area contributed by atoms with Crippen molar-refractivity contribution in [1.82, 2.24) is 4.98 Å². The number of carbonyl (C=O) groups excluding carboxylic acids is 1. The molecule has 0 fully saturated rings. The number of rotatable bonds is 5. The van der Waals surface area contributed by atoms with Crippen molar-refractivity contribution in [1.29, 1.82) is 0 Å². The zero-order valence-corrected chi connectivity index (χ0v) is 15.4. The highest BCUT2D eigenvalue weighted by Crippen LogP contribution is 2.30. The molecule has 1 amide bonds. The third-order valence-electron chi connectivity index (χ3n) is 4.09. The number of carbonyl (C=O) groups is 1. The van der Waals surface area contributed by atoms with E-state index in [1.165, 1.54) is 0 Å². The zero-order valence-electron chi connectivity index (χ0n) is 15.4. The van der Waals surface area contributed by atoms with Crippen LogP contribution in [0.1, 0.15) is 18.1 Å². The fourth-order valence-corrected chi connectivity index (χ4v) is 2.91. The summed E-state index contributed by atoms with van der Waals surface area (Å²) in [5.41, 5.74) is 3.57. The molecule has 0 spiro atoms. The monoisotopic (exact) mass is 350 g/mol. The lowest BCUT2D eigenvalue weighted by atomic mass is 10.1. The number of nitrogens with one attached hydrogen (secondary N) is 1. The number of aryl methyl sites for hydroxylation is 2. The molecule has 1 N–H and O–H groups in total. The van der Waals surface area contributed by atoms with Crippen LogP contribution >= 0.6 is 0 Å². The number of nitrogens with zero attached hydrogens (tertiary/aromatic N) is 1. The van der Waals surface area contributed by atoms with Gasteiger partial charge in [-0.05, 0) is 68.3 Å². The van der Waals surface area contributed by atoms with Crippen molar-refractivity contribution in [3.05, 3.63) is 59.8 Å². The van der Waals surface area contributed by atoms with E-state index in [1.54, 1.807) is 26.3 Å². The Hall–Kier alpha value is -3.08. The van der Waals surface area contributed by atoms with Crippen molar-refractivity contribution in [2.75, 3.05) is 12.4 Å². The molecular weight excluding hydrogens is 328 g/mol. The molecule has 1 heterocycles. The molecule has 1 aromatic heterocycles. The first-order valence-corrected chi connectivity index (χ1v) is 8.45. The van der Waals surface area contributed by atoms with Gasteiger partial charge in [0.05, 0.1) is 12.8 Å². The molecule has 134 valence electrons. The third-order valence-corrected chi connectivity index (χ3v) is 4.09. The Bertz CT molecular complexity index is 933. The second-order valence-electron chi connectivity index (χ2n) is 6.29. The molecule has 5 heteroatoms. The molecule has 0 bridgehead atoms. The van der Waals surface area contributed by atoms with Gasteiger partial charge in [-0.15, -0.1) is 0 Å². The third kappa shape index (κ3) is 3.77. The Kier molecular flexibility index (Phi) is 5.07. The van der Waals surface area contributed by atoms with Crippen LogP contribution in [0.15, 0.2) is 48.7 Å². The van der Waals surface area contributed by atoms with E-state index < -0.39 is 6.10 Å². The van der Waals surface area contributed by atoms with Gasteiger partial charge in [0.15, 0.2) is 6.10 Å². The molecule has 0 aliphatic carbocycles. The molecule has 0 saturated carbocycles. The van der Waals surface area contributed by atoms with E-state index in [0.29, 0.717) is 22.7 Å². The summed E-state index contributed by atoms with van der Waals surface area (Å²) in [6, 6.07) is 13.2. The molecule has 0 aliphatic rings. The van der Waals surface area contributed by atoms with Crippen LogP contribution < -0.4 is 14.8 Å². The highest BCUT2D eigenvalue weighted by Gasteiger charge is 2.17. The molecule has 5 nitrogen and oxygen atoms in total. The maximum absolute atomic E-state index is 12.6. The van der Waals surface area contributed by atoms with Crippen molar-refractivity contribution < 1.29 is 14.3 Å². The molecule has 0 unspecified atom stereocenters. The Labute approximate surface area is 153 Å². The normalized spacial score (nSPS) is 11.8. The van der Waals surface area contributed by atoms with Crippen LogP contribution in [0.3, 0.4) is 0 Å². The van der Waals surface area contributed by atoms with Gasteiger partial charge in [0.25, 0.3) is 5.91 Å². The highest BCUT2D eigenvalue weighted by atomic mass is 16.5. The van der Waals surface area contributed by atoms with Gasteiger partial charge in [0, 0.05) is 11.6 Å². The minimum absolute atomic E-state index is 0.223. The van der Waals surface area contributed by atoms with Gasteiger partial charge in [-0.1, -0.05) is 6.07 Å². The van der Waals surface area contributed by atoms with Crippen molar-refractivity contribution in [3.63, 3.8) is 0 Å². The van der Waals surface area contributed by atoms with Crippen LogP contribution in [0, 0.1) is 13.8 Å². The molecule has 0 saturated heterocycles. The van der Waals surface area contributed by atoms with Gasteiger partial charge in [0.2, 0.25) is 0 Å². The van der Waals surface area contributed by atoms with E-state index >= 15 is 0 Å². The summed E-state index contributed by atoms with van der Waals surface area (Å²) in [6.07, 6.45) is 1.06. The van der Waals surface area contributed by atoms with Crippen molar-refractivity contribution >= 4 is 22.5 Å². The lowest BCUT2D eigenvalue weighted by molar-refractivity contribution is -0.122. The van der Waals surface area contributed by atoms with Gasteiger partial charge < -0.3 is 14.8 Å². The molecule has 3 aromatic rings. The first-order valence-electron chi connectivity index (χ1n) is 8.45. The van der Waals surface area contributed by atoms with E-state index in [4.69, 9.17) is 9.47 Å². The SMILES string of the molecule is COc1ccc(NC(=O)[C@@H](C)Oc2cc(C)cc(C)c2)c2cccnc12. The standard InChI is InChI=1S/C21H22N2O3/c1-13-10-14(2)12-16(11-13)26-15(3)21(24)23-18-7-8-19(25-4)20-17(18)6-5-9-22-20/h5-12,15H,1-4H3,(H,23,24)/t15-/m1/s1. The zero-order chi connectivity index (χ0) is 18.7. The molecule has 0 radical (unpaired) electrons. The summed E-state index contributed by atoms with van der Waals surface area (Å²) in [6.45, 7) is 5.74. The van der Waals surface area contributed by atoms with Crippen LogP contribution in [-0.2, 0) is 4.79 Å². The smallest absolute Gasteiger partial charge is 0.265 e. The fourth-order valence-electron chi connectivity index (χ4n) is 2.91. The van der Waals surface area contributed by atoms with Crippen LogP contribution in [0.4, 0.5) is 5.69 Å². The van der Waals surface area contributed by atoms with Crippen molar-refractivity contribution in [2.45, 2.75) is 26.9 Å². The number of anilines is 1. The largest absolute Gasteiger partial charge is 0.494 e. The second-order valence-corrected chi connectivity index (χ2v) is 6.29. The number of ether oxygens (including phenoxy) is 2. The number of methoxy groups -OCH3 is 1. The van der Waals surface area contributed by atoms with Gasteiger partial charge >= 0.3 is 0 Å². The lowest BCUT2D eigenvalue weighted by Crippen LogP contribution is -2.30. The number of fused-ring (bicyclic) bond motifs is 1. The highest BCUT2D eigenvalue weighted by molar-refractivity contribution is 6.04. The molecule has 2 aromatic carbocycles. The minimum Gasteiger partial charge on any atom is -0.494 e. The second kappa shape index (κ2) is 7.44. The maximum Gasteiger partial charge on any atom is 0.265 e. The van der Waals surface area contributed by atoms with Crippen molar-refractivity contribution in [3.8, 4) is 11.5 Å². The Morgan fingerprint density at radius 3 is 2.54 bits per heavy atom. The average Bonchev–Trinajstić information content (AvgIpc) is 2.61. The van der Waals surface area contributed by atoms with Crippen LogP contribution in [0.25, 0.3) is 10.9 Å². The number of benzene rings is 2. The lowest BCUT2D eigenvalue weighted by Gasteiger charge is -2.17. The number of hydrogen-bond acceptors (Lipinski definition) is 4. The van der Waals surface area contributed by atoms with Gasteiger partial charge in [-0.25, -0.2) is 0 Å². The number of hydrogen-bond donors (Lipinski definition) is 1. The minimum atomic E-state index is -0.634. The average molecular weight is 350 g/mol. The van der Waals surface area contributed by atoms with Gasteiger partial charge in [0.1, 0.15) is 17.0 Å². The molecule has 3 rings (SSSR count). The predicted molar refractivity (Wildman–Crippen MR) is 103 cm³/mol. The summed E-state index contributed by atoms with van der Waals surface area (Å²) in [4.78, 5) is 16.9. The first-order chi connectivity index (χ1) is 12.5. The van der Waals surface area contributed by atoms with E-state index in [2.05, 4.69) is 16.4 Å². The summed E-state index contributed by atoms with van der Waals surface area (Å²) in [7, 11) is 1.60. The molecule has 1 atom stereocenters. The van der Waals surface area contributed by atoms with Crippen LogP contribution in [0.5, 0.6) is 11.5 Å². The summed E-state index contributed by atoms with van der Waals surface area (Å²) < 4.78 is 11.2. The topological polar surface area (TPSA) is 60.5 Å². The molecular formula is C21H22N2O3. The number of pyridine rings is 1. The summed E-state index contributed by atoms with van der Waals surface area (Å²) in [5, 5.41) is 3.74. The van der Waals surface area contributed by atoms with Gasteiger partial charge in [-0.2, -0.15) is 0 Å². The predicted octanol–water partition coefficient (Wildman–Crippen LogP) is 4.27. The van der Waals surface area contributed by atoms with Crippen LogP contribution in [0.2, 0.25) is 0 Å². The quantitative estimate of drug-likeness (QED) is 0.747. The molecule has 26 heavy (non-hydrogen) atoms. The first kappa shape index (κ1) is 17.7. The van der Waals surface area contributed by atoms with E-state index in [-0.39, 0.29) is 5.91 Å². The molecule has 0 aliphatic heterocycles. The Morgan fingerprint density at radius 2 is 1.85 bits per heavy atom. The van der Waals surface area contributed by atoms with E-state index in [9.17, 15) is 4.79 Å². The fraction of sp³-hybridized carbons (Fsp3) is 0.238. The maximum atomic E-state index is 12.6. The van der Waals surface area contributed by atoms with E-state index in [1.807, 2.05) is 44.2 Å². The summed E-state index contributed by atoms with van der Waals surface area (Å²) >= 11 is 0. The van der Waals surface area contributed by atoms with Crippen LogP contribution in [-0.4, -0.2) is 24.1 Å². The Morgan fingerprint density at radius 1 is 1.12 bits per heavy atom.